The Hall–Kier alpha value is -0.860. The van der Waals surface area contributed by atoms with Crippen molar-refractivity contribution in [3.63, 3.8) is 0 Å². The Kier molecular flexibility index (Phi) is 5.37. The second-order valence-corrected chi connectivity index (χ2v) is 3.92. The Bertz CT molecular complexity index is 284. The molecule has 0 radical (unpaired) electrons. The van der Waals surface area contributed by atoms with Gasteiger partial charge in [-0.2, -0.15) is 0 Å². The third-order valence-corrected chi connectivity index (χ3v) is 2.21. The molecule has 0 amide bonds. The number of aryl methyl sites for hydroxylation is 1. The average Bonchev–Trinajstić information content (AvgIpc) is 2.18. The molecule has 0 heterocycles. The molecule has 0 saturated heterocycles. The van der Waals surface area contributed by atoms with Crippen LogP contribution in [0.2, 0.25) is 0 Å². The van der Waals surface area contributed by atoms with Crippen molar-refractivity contribution in [1.82, 2.24) is 0 Å². The minimum Gasteiger partial charge on any atom is -0.390 e. The second kappa shape index (κ2) is 6.59. The van der Waals surface area contributed by atoms with Crippen molar-refractivity contribution in [3.05, 3.63) is 35.4 Å². The maximum absolute atomic E-state index is 9.70. The molecule has 84 valence electrons. The van der Waals surface area contributed by atoms with Gasteiger partial charge >= 0.3 is 0 Å². The van der Waals surface area contributed by atoms with Crippen LogP contribution in [-0.4, -0.2) is 24.4 Å². The number of benzene rings is 1. The van der Waals surface area contributed by atoms with Crippen LogP contribution in [0.3, 0.4) is 0 Å². The zero-order valence-electron chi connectivity index (χ0n) is 9.57. The van der Waals surface area contributed by atoms with Crippen LogP contribution in [-0.2, 0) is 11.2 Å². The number of hydrogen-bond donors (Lipinski definition) is 1. The predicted octanol–water partition coefficient (Wildman–Crippen LogP) is 2.33. The second-order valence-electron chi connectivity index (χ2n) is 3.92. The zero-order chi connectivity index (χ0) is 11.1. The summed E-state index contributed by atoms with van der Waals surface area (Å²) >= 11 is 0. The summed E-state index contributed by atoms with van der Waals surface area (Å²) in [5, 5.41) is 9.70. The van der Waals surface area contributed by atoms with Crippen molar-refractivity contribution < 1.29 is 9.84 Å². The van der Waals surface area contributed by atoms with Gasteiger partial charge in [-0.25, -0.2) is 0 Å². The van der Waals surface area contributed by atoms with E-state index in [2.05, 4.69) is 26.0 Å². The van der Waals surface area contributed by atoms with Crippen LogP contribution in [0.15, 0.2) is 24.3 Å². The van der Waals surface area contributed by atoms with Crippen molar-refractivity contribution >= 4 is 0 Å². The topological polar surface area (TPSA) is 29.5 Å². The third-order valence-electron chi connectivity index (χ3n) is 2.21. The lowest BCUT2D eigenvalue weighted by atomic mass is 10.1. The van der Waals surface area contributed by atoms with Gasteiger partial charge in [-0.05, 0) is 18.9 Å². The van der Waals surface area contributed by atoms with Crippen LogP contribution < -0.4 is 0 Å². The van der Waals surface area contributed by atoms with Crippen LogP contribution in [0.4, 0.5) is 0 Å². The van der Waals surface area contributed by atoms with E-state index in [9.17, 15) is 5.11 Å². The molecule has 15 heavy (non-hydrogen) atoms. The summed E-state index contributed by atoms with van der Waals surface area (Å²) in [6.45, 7) is 5.28. The Labute approximate surface area is 91.9 Å². The maximum atomic E-state index is 9.70. The lowest BCUT2D eigenvalue weighted by Crippen LogP contribution is -2.18. The van der Waals surface area contributed by atoms with Gasteiger partial charge in [0.15, 0.2) is 0 Å². The molecule has 1 atom stereocenters. The number of hydrogen-bond acceptors (Lipinski definition) is 2. The van der Waals surface area contributed by atoms with E-state index in [1.807, 2.05) is 12.1 Å². The summed E-state index contributed by atoms with van der Waals surface area (Å²) < 4.78 is 5.30. The van der Waals surface area contributed by atoms with E-state index in [-0.39, 0.29) is 0 Å². The van der Waals surface area contributed by atoms with Crippen LogP contribution in [0.1, 0.15) is 24.5 Å². The molecule has 0 aliphatic heterocycles. The number of rotatable bonds is 6. The van der Waals surface area contributed by atoms with Crippen molar-refractivity contribution in [2.24, 2.45) is 0 Å². The third kappa shape index (κ3) is 4.96. The summed E-state index contributed by atoms with van der Waals surface area (Å²) in [5.74, 6) is 0. The minimum atomic E-state index is -0.390. The van der Waals surface area contributed by atoms with Crippen molar-refractivity contribution in [1.29, 1.82) is 0 Å². The fourth-order valence-electron chi connectivity index (χ4n) is 1.53. The van der Waals surface area contributed by atoms with E-state index < -0.39 is 6.10 Å². The molecule has 0 aliphatic carbocycles. The molecule has 0 aliphatic rings. The van der Waals surface area contributed by atoms with Crippen LogP contribution in [0.5, 0.6) is 0 Å². The van der Waals surface area contributed by atoms with Crippen molar-refractivity contribution in [2.45, 2.75) is 32.8 Å². The van der Waals surface area contributed by atoms with Gasteiger partial charge < -0.3 is 9.84 Å². The maximum Gasteiger partial charge on any atom is 0.0813 e. The lowest BCUT2D eigenvalue weighted by molar-refractivity contribution is 0.0374. The zero-order valence-corrected chi connectivity index (χ0v) is 9.57. The van der Waals surface area contributed by atoms with Gasteiger partial charge in [0.05, 0.1) is 12.7 Å². The SMILES string of the molecule is CCCOCC(O)Cc1cccc(C)c1. The highest BCUT2D eigenvalue weighted by atomic mass is 16.5. The molecule has 2 heteroatoms. The first-order valence-corrected chi connectivity index (χ1v) is 5.53. The highest BCUT2D eigenvalue weighted by Gasteiger charge is 2.05. The number of aliphatic hydroxyl groups is 1. The smallest absolute Gasteiger partial charge is 0.0813 e. The molecule has 0 saturated carbocycles. The van der Waals surface area contributed by atoms with Crippen LogP contribution in [0.25, 0.3) is 0 Å². The van der Waals surface area contributed by atoms with Crippen molar-refractivity contribution in [3.8, 4) is 0 Å². The van der Waals surface area contributed by atoms with Gasteiger partial charge in [0.1, 0.15) is 0 Å². The standard InChI is InChI=1S/C13H20O2/c1-3-7-15-10-13(14)9-12-6-4-5-11(2)8-12/h4-6,8,13-14H,3,7,9-10H2,1-2H3. The van der Waals surface area contributed by atoms with E-state index >= 15 is 0 Å². The highest BCUT2D eigenvalue weighted by Crippen LogP contribution is 2.07. The Balaban J connectivity index is 2.34. The van der Waals surface area contributed by atoms with E-state index in [0.29, 0.717) is 13.0 Å². The predicted molar refractivity (Wildman–Crippen MR) is 62.0 cm³/mol. The molecule has 2 nitrogen and oxygen atoms in total. The summed E-state index contributed by atoms with van der Waals surface area (Å²) in [6.07, 6.45) is 1.28. The molecule has 0 aromatic heterocycles. The molecule has 1 rings (SSSR count). The van der Waals surface area contributed by atoms with Gasteiger partial charge in [0.25, 0.3) is 0 Å². The molecule has 0 spiro atoms. The molecule has 0 fully saturated rings. The summed E-state index contributed by atoms with van der Waals surface area (Å²) in [7, 11) is 0. The van der Waals surface area contributed by atoms with E-state index in [1.165, 1.54) is 11.1 Å². The Morgan fingerprint density at radius 1 is 1.40 bits per heavy atom. The summed E-state index contributed by atoms with van der Waals surface area (Å²) in [5.41, 5.74) is 2.40. The minimum absolute atomic E-state index is 0.390. The summed E-state index contributed by atoms with van der Waals surface area (Å²) in [4.78, 5) is 0. The quantitative estimate of drug-likeness (QED) is 0.727. The molecule has 0 bridgehead atoms. The number of ether oxygens (including phenoxy) is 1. The molecule has 1 aromatic carbocycles. The average molecular weight is 208 g/mol. The first-order chi connectivity index (χ1) is 7.22. The molecular weight excluding hydrogens is 188 g/mol. The molecule has 1 aromatic rings. The molecule has 1 unspecified atom stereocenters. The van der Waals surface area contributed by atoms with Gasteiger partial charge in [0.2, 0.25) is 0 Å². The number of aliphatic hydroxyl groups excluding tert-OH is 1. The Morgan fingerprint density at radius 3 is 2.87 bits per heavy atom. The largest absolute Gasteiger partial charge is 0.390 e. The van der Waals surface area contributed by atoms with Gasteiger partial charge in [0, 0.05) is 13.0 Å². The van der Waals surface area contributed by atoms with Gasteiger partial charge in [-0.3, -0.25) is 0 Å². The summed E-state index contributed by atoms with van der Waals surface area (Å²) in [6, 6.07) is 8.22. The molecule has 1 N–H and O–H groups in total. The van der Waals surface area contributed by atoms with E-state index in [0.717, 1.165) is 13.0 Å². The lowest BCUT2D eigenvalue weighted by Gasteiger charge is -2.11. The highest BCUT2D eigenvalue weighted by molar-refractivity contribution is 5.22. The first kappa shape index (κ1) is 12.2. The van der Waals surface area contributed by atoms with Gasteiger partial charge in [-0.15, -0.1) is 0 Å². The monoisotopic (exact) mass is 208 g/mol. The van der Waals surface area contributed by atoms with Crippen LogP contribution >= 0.6 is 0 Å². The van der Waals surface area contributed by atoms with Crippen LogP contribution in [0, 0.1) is 6.92 Å². The van der Waals surface area contributed by atoms with E-state index in [4.69, 9.17) is 4.74 Å². The van der Waals surface area contributed by atoms with E-state index in [1.54, 1.807) is 0 Å². The molecular formula is C13H20O2. The fourth-order valence-corrected chi connectivity index (χ4v) is 1.53. The van der Waals surface area contributed by atoms with Gasteiger partial charge in [-0.1, -0.05) is 36.8 Å². The normalized spacial score (nSPS) is 12.7. The first-order valence-electron chi connectivity index (χ1n) is 5.53. The fraction of sp³-hybridized carbons (Fsp3) is 0.538. The Morgan fingerprint density at radius 2 is 2.20 bits per heavy atom. The van der Waals surface area contributed by atoms with Crippen molar-refractivity contribution in [2.75, 3.05) is 13.2 Å².